The number of fused-ring (bicyclic) bond motifs is 2. The third-order valence-corrected chi connectivity index (χ3v) is 5.82. The van der Waals surface area contributed by atoms with E-state index in [0.717, 1.165) is 17.3 Å². The lowest BCUT2D eigenvalue weighted by Gasteiger charge is -2.06. The Hall–Kier alpha value is -2.64. The monoisotopic (exact) mass is 400 g/mol. The van der Waals surface area contributed by atoms with Gasteiger partial charge in [0.25, 0.3) is 10.0 Å². The first kappa shape index (κ1) is 17.8. The molecular formula is C19H17ClN4O2S. The number of pyridine rings is 1. The molecule has 27 heavy (non-hydrogen) atoms. The summed E-state index contributed by atoms with van der Waals surface area (Å²) in [4.78, 5) is 4.80. The van der Waals surface area contributed by atoms with Gasteiger partial charge in [-0.1, -0.05) is 36.7 Å². The van der Waals surface area contributed by atoms with Crippen LogP contribution >= 0.6 is 11.6 Å². The lowest BCUT2D eigenvalue weighted by atomic mass is 10.2. The van der Waals surface area contributed by atoms with Crippen molar-refractivity contribution in [3.05, 3.63) is 59.6 Å². The number of aryl methyl sites for hydroxylation is 1. The number of aromatic nitrogens is 3. The zero-order valence-corrected chi connectivity index (χ0v) is 16.1. The third kappa shape index (κ3) is 3.36. The topological polar surface area (TPSA) is 76.9 Å². The second-order valence-corrected chi connectivity index (χ2v) is 8.30. The normalized spacial score (nSPS) is 11.9. The van der Waals surface area contributed by atoms with E-state index in [0.29, 0.717) is 22.6 Å². The van der Waals surface area contributed by atoms with Crippen molar-refractivity contribution in [3.8, 4) is 0 Å². The van der Waals surface area contributed by atoms with Crippen molar-refractivity contribution in [2.24, 2.45) is 0 Å². The molecule has 0 atom stereocenters. The van der Waals surface area contributed by atoms with Gasteiger partial charge in [0.2, 0.25) is 0 Å². The van der Waals surface area contributed by atoms with Gasteiger partial charge in [-0.2, -0.15) is 5.10 Å². The van der Waals surface area contributed by atoms with Gasteiger partial charge in [-0.05, 0) is 42.8 Å². The first-order chi connectivity index (χ1) is 13.0. The highest BCUT2D eigenvalue weighted by molar-refractivity contribution is 7.92. The molecule has 0 aliphatic rings. The molecule has 4 aromatic rings. The number of nitrogens with zero attached hydrogens (tertiary/aromatic N) is 3. The quantitative estimate of drug-likeness (QED) is 0.537. The molecule has 0 fully saturated rings. The molecule has 138 valence electrons. The molecule has 0 unspecified atom stereocenters. The van der Waals surface area contributed by atoms with Crippen LogP contribution in [0.4, 0.5) is 5.82 Å². The van der Waals surface area contributed by atoms with Gasteiger partial charge in [-0.15, -0.1) is 0 Å². The molecule has 6 nitrogen and oxygen atoms in total. The van der Waals surface area contributed by atoms with Crippen LogP contribution < -0.4 is 4.72 Å². The molecule has 0 saturated carbocycles. The Kier molecular flexibility index (Phi) is 4.49. The van der Waals surface area contributed by atoms with Gasteiger partial charge in [-0.25, -0.2) is 18.1 Å². The van der Waals surface area contributed by atoms with Crippen LogP contribution in [0.2, 0.25) is 5.02 Å². The van der Waals surface area contributed by atoms with Crippen molar-refractivity contribution in [3.63, 3.8) is 0 Å². The predicted molar refractivity (Wildman–Crippen MR) is 108 cm³/mol. The molecule has 0 aliphatic heterocycles. The van der Waals surface area contributed by atoms with E-state index in [1.807, 2.05) is 37.3 Å². The Bertz CT molecular complexity index is 1230. The first-order valence-corrected chi connectivity index (χ1v) is 10.4. The fraction of sp³-hybridized carbons (Fsp3) is 0.158. The molecule has 4 rings (SSSR count). The van der Waals surface area contributed by atoms with Crippen molar-refractivity contribution in [1.29, 1.82) is 0 Å². The van der Waals surface area contributed by atoms with E-state index in [2.05, 4.69) is 14.8 Å². The van der Waals surface area contributed by atoms with Gasteiger partial charge in [-0.3, -0.25) is 4.72 Å². The molecule has 0 radical (unpaired) electrons. The van der Waals surface area contributed by atoms with E-state index in [4.69, 9.17) is 11.6 Å². The molecule has 2 aromatic heterocycles. The number of sulfonamides is 1. The van der Waals surface area contributed by atoms with Crippen molar-refractivity contribution < 1.29 is 8.42 Å². The second kappa shape index (κ2) is 6.83. The average Bonchev–Trinajstić information content (AvgIpc) is 2.96. The second-order valence-electron chi connectivity index (χ2n) is 6.18. The maximum absolute atomic E-state index is 12.8. The van der Waals surface area contributed by atoms with E-state index in [-0.39, 0.29) is 10.7 Å². The summed E-state index contributed by atoms with van der Waals surface area (Å²) in [5.41, 5.74) is 1.50. The Morgan fingerprint density at radius 2 is 1.85 bits per heavy atom. The number of halogens is 1. The summed E-state index contributed by atoms with van der Waals surface area (Å²) in [7, 11) is -3.79. The number of hydrogen-bond acceptors (Lipinski definition) is 4. The Labute approximate surface area is 161 Å². The lowest BCUT2D eigenvalue weighted by Crippen LogP contribution is -2.13. The minimum atomic E-state index is -3.79. The van der Waals surface area contributed by atoms with E-state index >= 15 is 0 Å². The molecule has 1 N–H and O–H groups in total. The highest BCUT2D eigenvalue weighted by Gasteiger charge is 2.20. The third-order valence-electron chi connectivity index (χ3n) is 4.21. The zero-order chi connectivity index (χ0) is 19.0. The SMILES string of the molecule is CCCn1nc(NS(=O)(=O)c2ccc(Cl)cc2)c2cc3ccccc3nc21. The van der Waals surface area contributed by atoms with Crippen LogP contribution in [-0.2, 0) is 16.6 Å². The van der Waals surface area contributed by atoms with Gasteiger partial charge < -0.3 is 0 Å². The first-order valence-electron chi connectivity index (χ1n) is 8.52. The summed E-state index contributed by atoms with van der Waals surface area (Å²) < 4.78 is 29.9. The van der Waals surface area contributed by atoms with Crippen LogP contribution in [0.1, 0.15) is 13.3 Å². The van der Waals surface area contributed by atoms with Gasteiger partial charge in [0.15, 0.2) is 11.5 Å². The zero-order valence-electron chi connectivity index (χ0n) is 14.6. The van der Waals surface area contributed by atoms with Crippen LogP contribution in [0.5, 0.6) is 0 Å². The van der Waals surface area contributed by atoms with Gasteiger partial charge in [0.05, 0.1) is 15.8 Å². The fourth-order valence-electron chi connectivity index (χ4n) is 2.94. The molecule has 8 heteroatoms. The largest absolute Gasteiger partial charge is 0.263 e. The minimum absolute atomic E-state index is 0.124. The van der Waals surface area contributed by atoms with Gasteiger partial charge in [0, 0.05) is 17.0 Å². The number of nitrogens with one attached hydrogen (secondary N) is 1. The summed E-state index contributed by atoms with van der Waals surface area (Å²) in [6, 6.07) is 15.6. The van der Waals surface area contributed by atoms with Crippen LogP contribution in [0.3, 0.4) is 0 Å². The lowest BCUT2D eigenvalue weighted by molar-refractivity contribution is 0.599. The maximum Gasteiger partial charge on any atom is 0.263 e. The van der Waals surface area contributed by atoms with E-state index in [1.165, 1.54) is 12.1 Å². The standard InChI is InChI=1S/C19H17ClN4O2S/c1-2-11-24-19-16(12-13-5-3-4-6-17(13)21-19)18(22-24)23-27(25,26)15-9-7-14(20)8-10-15/h3-10,12H,2,11H2,1H3,(H,22,23). The van der Waals surface area contributed by atoms with Crippen molar-refractivity contribution >= 4 is 49.4 Å². The van der Waals surface area contributed by atoms with Crippen LogP contribution in [0, 0.1) is 0 Å². The van der Waals surface area contributed by atoms with E-state index in [9.17, 15) is 8.42 Å². The molecule has 0 saturated heterocycles. The Morgan fingerprint density at radius 3 is 2.59 bits per heavy atom. The van der Waals surface area contributed by atoms with Crippen LogP contribution in [0.25, 0.3) is 21.9 Å². The van der Waals surface area contributed by atoms with Crippen LogP contribution in [0.15, 0.2) is 59.5 Å². The van der Waals surface area contributed by atoms with Crippen molar-refractivity contribution in [1.82, 2.24) is 14.8 Å². The molecule has 0 spiro atoms. The fourth-order valence-corrected chi connectivity index (χ4v) is 4.09. The maximum atomic E-state index is 12.8. The Morgan fingerprint density at radius 1 is 1.11 bits per heavy atom. The highest BCUT2D eigenvalue weighted by Crippen LogP contribution is 2.28. The van der Waals surface area contributed by atoms with Gasteiger partial charge >= 0.3 is 0 Å². The molecule has 0 aliphatic carbocycles. The summed E-state index contributed by atoms with van der Waals surface area (Å²) in [6.45, 7) is 2.68. The molecular weight excluding hydrogens is 384 g/mol. The highest BCUT2D eigenvalue weighted by atomic mass is 35.5. The number of benzene rings is 2. The molecule has 2 aromatic carbocycles. The molecule has 0 amide bonds. The average molecular weight is 401 g/mol. The summed E-state index contributed by atoms with van der Waals surface area (Å²) in [5.74, 6) is 0.270. The summed E-state index contributed by atoms with van der Waals surface area (Å²) in [6.07, 6.45) is 0.856. The van der Waals surface area contributed by atoms with Gasteiger partial charge in [0.1, 0.15) is 0 Å². The smallest absolute Gasteiger partial charge is 0.261 e. The number of para-hydroxylation sites is 1. The number of anilines is 1. The van der Waals surface area contributed by atoms with Crippen molar-refractivity contribution in [2.75, 3.05) is 4.72 Å². The van der Waals surface area contributed by atoms with E-state index < -0.39 is 10.0 Å². The van der Waals surface area contributed by atoms with Crippen LogP contribution in [-0.4, -0.2) is 23.2 Å². The molecule has 0 bridgehead atoms. The minimum Gasteiger partial charge on any atom is -0.261 e. The number of rotatable bonds is 5. The van der Waals surface area contributed by atoms with Crippen molar-refractivity contribution in [2.45, 2.75) is 24.8 Å². The Balaban J connectivity index is 1.85. The number of hydrogen-bond donors (Lipinski definition) is 1. The summed E-state index contributed by atoms with van der Waals surface area (Å²) in [5, 5.41) is 6.53. The summed E-state index contributed by atoms with van der Waals surface area (Å²) >= 11 is 5.85. The molecule has 2 heterocycles. The van der Waals surface area contributed by atoms with E-state index in [1.54, 1.807) is 16.8 Å². The predicted octanol–water partition coefficient (Wildman–Crippen LogP) is 4.45.